The smallest absolute Gasteiger partial charge is 0.145 e. The van der Waals surface area contributed by atoms with Gasteiger partial charge in [0.2, 0.25) is 0 Å². The van der Waals surface area contributed by atoms with Crippen molar-refractivity contribution in [3.63, 3.8) is 0 Å². The van der Waals surface area contributed by atoms with Crippen LogP contribution in [0.3, 0.4) is 0 Å². The van der Waals surface area contributed by atoms with Gasteiger partial charge in [-0.25, -0.2) is 0 Å². The van der Waals surface area contributed by atoms with E-state index in [4.69, 9.17) is 4.74 Å². The van der Waals surface area contributed by atoms with E-state index in [-0.39, 0.29) is 0 Å². The van der Waals surface area contributed by atoms with Gasteiger partial charge in [-0.2, -0.15) is 0 Å². The first-order valence-electron chi connectivity index (χ1n) is 5.65. The van der Waals surface area contributed by atoms with Crippen molar-refractivity contribution in [2.24, 2.45) is 4.99 Å². The molecule has 3 heteroatoms. The van der Waals surface area contributed by atoms with Gasteiger partial charge in [0.05, 0.1) is 6.54 Å². The Balaban J connectivity index is 2.07. The molecule has 0 radical (unpaired) electrons. The maximum absolute atomic E-state index is 5.76. The lowest BCUT2D eigenvalue weighted by molar-refractivity contribution is 0.370. The van der Waals surface area contributed by atoms with Crippen LogP contribution >= 0.6 is 0 Å². The molecule has 0 aromatic heterocycles. The highest BCUT2D eigenvalue weighted by molar-refractivity contribution is 5.85. The molecule has 0 saturated heterocycles. The largest absolute Gasteiger partial charge is 0.485 e. The fourth-order valence-corrected chi connectivity index (χ4v) is 1.78. The fourth-order valence-electron chi connectivity index (χ4n) is 1.78. The maximum Gasteiger partial charge on any atom is 0.145 e. The number of amidine groups is 1. The van der Waals surface area contributed by atoms with Gasteiger partial charge in [-0.3, -0.25) is 4.99 Å². The Hall–Kier alpha value is -1.51. The predicted octanol–water partition coefficient (Wildman–Crippen LogP) is 1.99. The second kappa shape index (κ2) is 4.56. The number of benzene rings is 1. The maximum atomic E-state index is 5.76. The lowest BCUT2D eigenvalue weighted by Gasteiger charge is -2.12. The SMILES string of the molecule is Cc1ccc(OCC2=NCCN2)c(C)c1C. The third-order valence-corrected chi connectivity index (χ3v) is 3.12. The van der Waals surface area contributed by atoms with Gasteiger partial charge < -0.3 is 10.1 Å². The number of rotatable bonds is 3. The van der Waals surface area contributed by atoms with Gasteiger partial charge in [-0.05, 0) is 43.5 Å². The first-order chi connectivity index (χ1) is 7.68. The van der Waals surface area contributed by atoms with Crippen molar-refractivity contribution in [1.82, 2.24) is 5.32 Å². The molecular weight excluding hydrogens is 200 g/mol. The second-order valence-electron chi connectivity index (χ2n) is 4.17. The van der Waals surface area contributed by atoms with Crippen molar-refractivity contribution in [2.75, 3.05) is 19.7 Å². The molecule has 0 spiro atoms. The highest BCUT2D eigenvalue weighted by atomic mass is 16.5. The average molecular weight is 218 g/mol. The predicted molar refractivity (Wildman–Crippen MR) is 66.5 cm³/mol. The van der Waals surface area contributed by atoms with E-state index < -0.39 is 0 Å². The zero-order valence-corrected chi connectivity index (χ0v) is 10.1. The minimum atomic E-state index is 0.545. The molecule has 1 N–H and O–H groups in total. The molecule has 0 unspecified atom stereocenters. The summed E-state index contributed by atoms with van der Waals surface area (Å²) in [7, 11) is 0. The monoisotopic (exact) mass is 218 g/mol. The van der Waals surface area contributed by atoms with Crippen LogP contribution in [0.1, 0.15) is 16.7 Å². The van der Waals surface area contributed by atoms with E-state index in [1.165, 1.54) is 16.7 Å². The Morgan fingerprint density at radius 2 is 2.06 bits per heavy atom. The highest BCUT2D eigenvalue weighted by Crippen LogP contribution is 2.23. The lowest BCUT2D eigenvalue weighted by atomic mass is 10.0. The molecule has 1 aromatic carbocycles. The number of hydrogen-bond acceptors (Lipinski definition) is 3. The van der Waals surface area contributed by atoms with Crippen LogP contribution in [0.2, 0.25) is 0 Å². The highest BCUT2D eigenvalue weighted by Gasteiger charge is 2.08. The Morgan fingerprint density at radius 1 is 1.25 bits per heavy atom. The molecule has 0 atom stereocenters. The zero-order valence-electron chi connectivity index (χ0n) is 10.1. The molecule has 0 fully saturated rings. The molecule has 0 bridgehead atoms. The van der Waals surface area contributed by atoms with E-state index in [2.05, 4.69) is 37.1 Å². The van der Waals surface area contributed by atoms with Crippen LogP contribution in [-0.2, 0) is 0 Å². The van der Waals surface area contributed by atoms with Gasteiger partial charge in [0, 0.05) is 6.54 Å². The van der Waals surface area contributed by atoms with Crippen molar-refractivity contribution < 1.29 is 4.74 Å². The minimum absolute atomic E-state index is 0.545. The molecule has 1 aliphatic heterocycles. The van der Waals surface area contributed by atoms with Crippen LogP contribution in [0, 0.1) is 20.8 Å². The average Bonchev–Trinajstić information content (AvgIpc) is 2.78. The van der Waals surface area contributed by atoms with Crippen molar-refractivity contribution in [3.8, 4) is 5.75 Å². The normalized spacial score (nSPS) is 14.6. The molecule has 0 aliphatic carbocycles. The second-order valence-corrected chi connectivity index (χ2v) is 4.17. The molecule has 1 aliphatic rings. The first kappa shape index (κ1) is 11.0. The third-order valence-electron chi connectivity index (χ3n) is 3.12. The minimum Gasteiger partial charge on any atom is -0.485 e. The van der Waals surface area contributed by atoms with Crippen LogP contribution < -0.4 is 10.1 Å². The van der Waals surface area contributed by atoms with Crippen molar-refractivity contribution >= 4 is 5.84 Å². The standard InChI is InChI=1S/C13H18N2O/c1-9-4-5-12(11(3)10(9)2)16-8-13-14-6-7-15-13/h4-5H,6-8H2,1-3H3,(H,14,15). The summed E-state index contributed by atoms with van der Waals surface area (Å²) in [5, 5.41) is 3.20. The number of ether oxygens (including phenoxy) is 1. The van der Waals surface area contributed by atoms with E-state index in [0.717, 1.165) is 24.7 Å². The fraction of sp³-hybridized carbons (Fsp3) is 0.462. The van der Waals surface area contributed by atoms with E-state index >= 15 is 0 Å². The molecule has 3 nitrogen and oxygen atoms in total. The van der Waals surface area contributed by atoms with E-state index in [9.17, 15) is 0 Å². The summed E-state index contributed by atoms with van der Waals surface area (Å²) in [4.78, 5) is 4.30. The summed E-state index contributed by atoms with van der Waals surface area (Å²) in [6.45, 7) is 8.69. The summed E-state index contributed by atoms with van der Waals surface area (Å²) in [5.41, 5.74) is 3.83. The third kappa shape index (κ3) is 2.18. The molecule has 2 rings (SSSR count). The number of hydrogen-bond donors (Lipinski definition) is 1. The van der Waals surface area contributed by atoms with Crippen LogP contribution in [-0.4, -0.2) is 25.5 Å². The molecule has 86 valence electrons. The number of nitrogens with zero attached hydrogens (tertiary/aromatic N) is 1. The van der Waals surface area contributed by atoms with E-state index in [1.54, 1.807) is 0 Å². The lowest BCUT2D eigenvalue weighted by Crippen LogP contribution is -2.25. The van der Waals surface area contributed by atoms with Crippen LogP contribution in [0.25, 0.3) is 0 Å². The van der Waals surface area contributed by atoms with E-state index in [1.807, 2.05) is 6.07 Å². The zero-order chi connectivity index (χ0) is 11.5. The van der Waals surface area contributed by atoms with E-state index in [0.29, 0.717) is 6.61 Å². The van der Waals surface area contributed by atoms with Gasteiger partial charge >= 0.3 is 0 Å². The van der Waals surface area contributed by atoms with Gasteiger partial charge in [-0.1, -0.05) is 6.07 Å². The number of nitrogens with one attached hydrogen (secondary N) is 1. The van der Waals surface area contributed by atoms with Crippen molar-refractivity contribution in [2.45, 2.75) is 20.8 Å². The summed E-state index contributed by atoms with van der Waals surface area (Å²) in [5.74, 6) is 1.91. The van der Waals surface area contributed by atoms with Gasteiger partial charge in [0.1, 0.15) is 18.2 Å². The summed E-state index contributed by atoms with van der Waals surface area (Å²) < 4.78 is 5.76. The van der Waals surface area contributed by atoms with Crippen LogP contribution in [0.15, 0.2) is 17.1 Å². The summed E-state index contributed by atoms with van der Waals surface area (Å²) >= 11 is 0. The molecule has 1 aromatic rings. The Bertz CT molecular complexity index is 424. The quantitative estimate of drug-likeness (QED) is 0.841. The number of aliphatic imine (C=N–C) groups is 1. The van der Waals surface area contributed by atoms with Gasteiger partial charge in [-0.15, -0.1) is 0 Å². The molecule has 16 heavy (non-hydrogen) atoms. The molecular formula is C13H18N2O. The summed E-state index contributed by atoms with van der Waals surface area (Å²) in [6, 6.07) is 4.13. The Morgan fingerprint density at radius 3 is 2.75 bits per heavy atom. The Kier molecular flexibility index (Phi) is 3.13. The van der Waals surface area contributed by atoms with Gasteiger partial charge in [0.15, 0.2) is 0 Å². The molecule has 1 heterocycles. The Labute approximate surface area is 96.5 Å². The first-order valence-corrected chi connectivity index (χ1v) is 5.65. The van der Waals surface area contributed by atoms with Gasteiger partial charge in [0.25, 0.3) is 0 Å². The van der Waals surface area contributed by atoms with Crippen LogP contribution in [0.4, 0.5) is 0 Å². The molecule has 0 amide bonds. The number of aryl methyl sites for hydroxylation is 1. The summed E-state index contributed by atoms with van der Waals surface area (Å²) in [6.07, 6.45) is 0. The topological polar surface area (TPSA) is 33.6 Å². The van der Waals surface area contributed by atoms with Crippen LogP contribution in [0.5, 0.6) is 5.75 Å². The molecule has 0 saturated carbocycles. The van der Waals surface area contributed by atoms with Crippen molar-refractivity contribution in [3.05, 3.63) is 28.8 Å². The van der Waals surface area contributed by atoms with Crippen molar-refractivity contribution in [1.29, 1.82) is 0 Å².